The van der Waals surface area contributed by atoms with E-state index in [4.69, 9.17) is 10.5 Å². The fourth-order valence-electron chi connectivity index (χ4n) is 1.60. The molecule has 0 atom stereocenters. The zero-order chi connectivity index (χ0) is 14.4. The standard InChI is InChI=1S/C12H17N3O4/c1-14(6-3-7-19-2)12(16)9-4-5-10(13)11(8-9)15(17)18/h4-5,8H,3,6-7,13H2,1-2H3. The second kappa shape index (κ2) is 6.69. The third-order valence-corrected chi connectivity index (χ3v) is 2.66. The molecule has 0 aliphatic heterocycles. The molecular weight excluding hydrogens is 250 g/mol. The molecule has 0 aromatic heterocycles. The van der Waals surface area contributed by atoms with Gasteiger partial charge in [0, 0.05) is 38.9 Å². The number of benzene rings is 1. The highest BCUT2D eigenvalue weighted by Gasteiger charge is 2.17. The summed E-state index contributed by atoms with van der Waals surface area (Å²) in [4.78, 5) is 23.7. The number of ether oxygens (including phenoxy) is 1. The topological polar surface area (TPSA) is 98.7 Å². The number of methoxy groups -OCH3 is 1. The summed E-state index contributed by atoms with van der Waals surface area (Å²) in [6.45, 7) is 1.07. The zero-order valence-electron chi connectivity index (χ0n) is 11.0. The van der Waals surface area contributed by atoms with Crippen molar-refractivity contribution in [2.24, 2.45) is 0 Å². The van der Waals surface area contributed by atoms with E-state index >= 15 is 0 Å². The van der Waals surface area contributed by atoms with Gasteiger partial charge in [-0.15, -0.1) is 0 Å². The Kier molecular flexibility index (Phi) is 5.25. The molecule has 1 rings (SSSR count). The molecule has 0 fully saturated rings. The quantitative estimate of drug-likeness (QED) is 0.362. The fraction of sp³-hybridized carbons (Fsp3) is 0.417. The Bertz CT molecular complexity index is 476. The van der Waals surface area contributed by atoms with Crippen molar-refractivity contribution in [2.45, 2.75) is 6.42 Å². The van der Waals surface area contributed by atoms with Gasteiger partial charge in [0.25, 0.3) is 11.6 Å². The number of nitrogens with zero attached hydrogens (tertiary/aromatic N) is 2. The predicted octanol–water partition coefficient (Wildman–Crippen LogP) is 1.29. The summed E-state index contributed by atoms with van der Waals surface area (Å²) in [5.74, 6) is -0.279. The van der Waals surface area contributed by atoms with Crippen molar-refractivity contribution in [1.29, 1.82) is 0 Å². The summed E-state index contributed by atoms with van der Waals surface area (Å²) < 4.78 is 4.90. The van der Waals surface area contributed by atoms with Crippen LogP contribution in [0, 0.1) is 10.1 Å². The molecule has 7 nitrogen and oxygen atoms in total. The molecule has 19 heavy (non-hydrogen) atoms. The van der Waals surface area contributed by atoms with E-state index in [1.807, 2.05) is 0 Å². The molecule has 2 N–H and O–H groups in total. The third-order valence-electron chi connectivity index (χ3n) is 2.66. The lowest BCUT2D eigenvalue weighted by Crippen LogP contribution is -2.28. The summed E-state index contributed by atoms with van der Waals surface area (Å²) in [6.07, 6.45) is 0.704. The minimum atomic E-state index is -0.600. The van der Waals surface area contributed by atoms with Crippen LogP contribution in [0.1, 0.15) is 16.8 Å². The van der Waals surface area contributed by atoms with E-state index in [2.05, 4.69) is 0 Å². The summed E-state index contributed by atoms with van der Waals surface area (Å²) >= 11 is 0. The Balaban J connectivity index is 2.82. The van der Waals surface area contributed by atoms with Crippen molar-refractivity contribution in [3.05, 3.63) is 33.9 Å². The van der Waals surface area contributed by atoms with Crippen molar-refractivity contribution in [1.82, 2.24) is 4.90 Å². The lowest BCUT2D eigenvalue weighted by molar-refractivity contribution is -0.383. The summed E-state index contributed by atoms with van der Waals surface area (Å²) in [5.41, 5.74) is 5.52. The molecule has 0 aliphatic carbocycles. The van der Waals surface area contributed by atoms with Crippen LogP contribution >= 0.6 is 0 Å². The van der Waals surface area contributed by atoms with Crippen molar-refractivity contribution in [3.63, 3.8) is 0 Å². The molecule has 0 saturated carbocycles. The molecule has 1 amide bonds. The molecule has 0 aliphatic rings. The summed E-state index contributed by atoms with van der Waals surface area (Å²) in [6, 6.07) is 4.05. The van der Waals surface area contributed by atoms with Crippen LogP contribution in [-0.4, -0.2) is 43.0 Å². The van der Waals surface area contributed by atoms with Crippen molar-refractivity contribution in [2.75, 3.05) is 33.0 Å². The van der Waals surface area contributed by atoms with E-state index < -0.39 is 4.92 Å². The van der Waals surface area contributed by atoms with Crippen LogP contribution in [0.3, 0.4) is 0 Å². The maximum atomic E-state index is 12.0. The molecular formula is C12H17N3O4. The van der Waals surface area contributed by atoms with Crippen molar-refractivity contribution >= 4 is 17.3 Å². The molecule has 0 saturated heterocycles. The maximum Gasteiger partial charge on any atom is 0.292 e. The Morgan fingerprint density at radius 2 is 2.21 bits per heavy atom. The van der Waals surface area contributed by atoms with Gasteiger partial charge in [0.2, 0.25) is 0 Å². The molecule has 1 aromatic carbocycles. The van der Waals surface area contributed by atoms with Gasteiger partial charge in [-0.05, 0) is 18.6 Å². The summed E-state index contributed by atoms with van der Waals surface area (Å²) in [7, 11) is 3.23. The lowest BCUT2D eigenvalue weighted by Gasteiger charge is -2.16. The van der Waals surface area contributed by atoms with Gasteiger partial charge in [0.1, 0.15) is 5.69 Å². The fourth-order valence-corrected chi connectivity index (χ4v) is 1.60. The van der Waals surface area contributed by atoms with Gasteiger partial charge in [0.15, 0.2) is 0 Å². The Morgan fingerprint density at radius 1 is 1.53 bits per heavy atom. The van der Waals surface area contributed by atoms with Crippen LogP contribution in [0.15, 0.2) is 18.2 Å². The molecule has 104 valence electrons. The van der Waals surface area contributed by atoms with Gasteiger partial charge in [-0.3, -0.25) is 14.9 Å². The second-order valence-corrected chi connectivity index (χ2v) is 4.10. The van der Waals surface area contributed by atoms with E-state index in [-0.39, 0.29) is 22.8 Å². The van der Waals surface area contributed by atoms with Gasteiger partial charge in [-0.25, -0.2) is 0 Å². The SMILES string of the molecule is COCCCN(C)C(=O)c1ccc(N)c([N+](=O)[O-])c1. The molecule has 0 spiro atoms. The molecule has 1 aromatic rings. The first-order valence-electron chi connectivity index (χ1n) is 5.75. The number of nitrogens with two attached hydrogens (primary N) is 1. The Morgan fingerprint density at radius 3 is 2.79 bits per heavy atom. The van der Waals surface area contributed by atoms with Crippen molar-refractivity contribution < 1.29 is 14.5 Å². The van der Waals surface area contributed by atoms with Crippen molar-refractivity contribution in [3.8, 4) is 0 Å². The third kappa shape index (κ3) is 3.92. The average Bonchev–Trinajstić information content (AvgIpc) is 2.38. The zero-order valence-corrected chi connectivity index (χ0v) is 11.0. The number of anilines is 1. The van der Waals surface area contributed by atoms with E-state index in [1.54, 1.807) is 14.2 Å². The Labute approximate surface area is 111 Å². The highest BCUT2D eigenvalue weighted by Crippen LogP contribution is 2.22. The normalized spacial score (nSPS) is 10.2. The van der Waals surface area contributed by atoms with E-state index in [9.17, 15) is 14.9 Å². The molecule has 0 unspecified atom stereocenters. The van der Waals surface area contributed by atoms with Crippen LogP contribution in [0.4, 0.5) is 11.4 Å². The highest BCUT2D eigenvalue weighted by molar-refractivity contribution is 5.95. The molecule has 0 radical (unpaired) electrons. The van der Waals surface area contributed by atoms with Gasteiger partial charge >= 0.3 is 0 Å². The summed E-state index contributed by atoms with van der Waals surface area (Å²) in [5, 5.41) is 10.8. The van der Waals surface area contributed by atoms with Gasteiger partial charge in [-0.1, -0.05) is 0 Å². The van der Waals surface area contributed by atoms with Gasteiger partial charge in [-0.2, -0.15) is 0 Å². The van der Waals surface area contributed by atoms with Crippen LogP contribution in [0.25, 0.3) is 0 Å². The number of nitro groups is 1. The smallest absolute Gasteiger partial charge is 0.292 e. The number of nitro benzene ring substituents is 1. The van der Waals surface area contributed by atoms with Crippen LogP contribution in [0.2, 0.25) is 0 Å². The number of amides is 1. The van der Waals surface area contributed by atoms with E-state index in [0.717, 1.165) is 0 Å². The van der Waals surface area contributed by atoms with E-state index in [1.165, 1.54) is 23.1 Å². The minimum Gasteiger partial charge on any atom is -0.393 e. The number of carbonyl (C=O) groups is 1. The highest BCUT2D eigenvalue weighted by atomic mass is 16.6. The maximum absolute atomic E-state index is 12.0. The number of nitrogen functional groups attached to an aromatic ring is 1. The van der Waals surface area contributed by atoms with Gasteiger partial charge in [0.05, 0.1) is 4.92 Å². The number of hydrogen-bond donors (Lipinski definition) is 1. The average molecular weight is 267 g/mol. The van der Waals surface area contributed by atoms with Crippen LogP contribution in [-0.2, 0) is 4.74 Å². The largest absolute Gasteiger partial charge is 0.393 e. The molecule has 0 heterocycles. The molecule has 7 heteroatoms. The Hall–Kier alpha value is -2.15. The van der Waals surface area contributed by atoms with Crippen LogP contribution < -0.4 is 5.73 Å². The van der Waals surface area contributed by atoms with Crippen LogP contribution in [0.5, 0.6) is 0 Å². The number of rotatable bonds is 6. The van der Waals surface area contributed by atoms with E-state index in [0.29, 0.717) is 19.6 Å². The van der Waals surface area contributed by atoms with Gasteiger partial charge < -0.3 is 15.4 Å². The monoisotopic (exact) mass is 267 g/mol. The lowest BCUT2D eigenvalue weighted by atomic mass is 10.1. The molecule has 0 bridgehead atoms. The first kappa shape index (κ1) is 14.9. The number of hydrogen-bond acceptors (Lipinski definition) is 5. The second-order valence-electron chi connectivity index (χ2n) is 4.10. The first-order chi connectivity index (χ1) is 8.97. The minimum absolute atomic E-state index is 0.0450. The first-order valence-corrected chi connectivity index (χ1v) is 5.75. The predicted molar refractivity (Wildman–Crippen MR) is 71.0 cm³/mol. The number of carbonyl (C=O) groups excluding carboxylic acids is 1.